The van der Waals surface area contributed by atoms with E-state index in [0.717, 1.165) is 27.9 Å². The number of carbonyl (C=O) groups excluding carboxylic acids is 2. The SMILES string of the molecule is O=C(NCc1nnc(SCC(=O)N2N=C(c3cccs3)CC2c2ccc(F)cc2)n1-c1ccccc1)c1cccc(F)c1. The zero-order valence-corrected chi connectivity index (χ0v) is 24.2. The minimum atomic E-state index is -0.505. The van der Waals surface area contributed by atoms with E-state index in [0.29, 0.717) is 17.4 Å². The predicted octanol–water partition coefficient (Wildman–Crippen LogP) is 6.01. The van der Waals surface area contributed by atoms with Gasteiger partial charge in [0.15, 0.2) is 11.0 Å². The third kappa shape index (κ3) is 6.40. The van der Waals surface area contributed by atoms with Crippen LogP contribution in [0.2, 0.25) is 0 Å². The summed E-state index contributed by atoms with van der Waals surface area (Å²) in [5.74, 6) is -1.09. The molecular formula is C31H24F2N6O2S2. The molecule has 0 aliphatic carbocycles. The van der Waals surface area contributed by atoms with E-state index < -0.39 is 11.7 Å². The second-order valence-electron chi connectivity index (χ2n) is 9.59. The van der Waals surface area contributed by atoms with Crippen LogP contribution in [0.1, 0.15) is 39.1 Å². The number of thioether (sulfide) groups is 1. The number of carbonyl (C=O) groups is 2. The average molecular weight is 615 g/mol. The Balaban J connectivity index is 1.22. The number of nitrogens with one attached hydrogen (secondary N) is 1. The Kier molecular flexibility index (Phi) is 8.38. The topological polar surface area (TPSA) is 92.5 Å². The molecule has 2 aromatic heterocycles. The van der Waals surface area contributed by atoms with Gasteiger partial charge in [0, 0.05) is 17.7 Å². The Hall–Kier alpha value is -4.68. The molecule has 0 spiro atoms. The van der Waals surface area contributed by atoms with Gasteiger partial charge < -0.3 is 5.32 Å². The second-order valence-corrected chi connectivity index (χ2v) is 11.5. The highest BCUT2D eigenvalue weighted by Crippen LogP contribution is 2.35. The molecule has 1 N–H and O–H groups in total. The number of aromatic nitrogens is 3. The number of amides is 2. The number of halogens is 2. The summed E-state index contributed by atoms with van der Waals surface area (Å²) in [5.41, 5.74) is 2.53. The van der Waals surface area contributed by atoms with Gasteiger partial charge >= 0.3 is 0 Å². The zero-order valence-electron chi connectivity index (χ0n) is 22.6. The number of hydrazone groups is 1. The summed E-state index contributed by atoms with van der Waals surface area (Å²) in [5, 5.41) is 19.9. The van der Waals surface area contributed by atoms with Crippen LogP contribution in [-0.4, -0.2) is 43.1 Å². The van der Waals surface area contributed by atoms with Gasteiger partial charge in [0.05, 0.1) is 28.9 Å². The molecule has 0 radical (unpaired) electrons. The summed E-state index contributed by atoms with van der Waals surface area (Å²) < 4.78 is 29.0. The van der Waals surface area contributed by atoms with Crippen LogP contribution >= 0.6 is 23.1 Å². The number of hydrogen-bond donors (Lipinski definition) is 1. The van der Waals surface area contributed by atoms with Crippen molar-refractivity contribution in [3.8, 4) is 5.69 Å². The summed E-state index contributed by atoms with van der Waals surface area (Å²) >= 11 is 2.75. The molecule has 43 heavy (non-hydrogen) atoms. The van der Waals surface area contributed by atoms with Gasteiger partial charge in [-0.2, -0.15) is 5.10 Å². The molecule has 0 fully saturated rings. The summed E-state index contributed by atoms with van der Waals surface area (Å²) in [7, 11) is 0. The highest BCUT2D eigenvalue weighted by Gasteiger charge is 2.33. The van der Waals surface area contributed by atoms with E-state index in [4.69, 9.17) is 0 Å². The van der Waals surface area contributed by atoms with E-state index in [1.54, 1.807) is 28.0 Å². The number of rotatable bonds is 9. The van der Waals surface area contributed by atoms with Crippen molar-refractivity contribution in [2.24, 2.45) is 5.10 Å². The molecule has 2 amide bonds. The fourth-order valence-electron chi connectivity index (χ4n) is 4.70. The highest BCUT2D eigenvalue weighted by atomic mass is 32.2. The summed E-state index contributed by atoms with van der Waals surface area (Å²) in [4.78, 5) is 27.2. The van der Waals surface area contributed by atoms with Crippen molar-refractivity contribution in [3.63, 3.8) is 0 Å². The number of nitrogens with zero attached hydrogens (tertiary/aromatic N) is 5. The standard InChI is InChI=1S/C31H24F2N6O2S2/c32-22-13-11-20(12-14-22)26-17-25(27-10-5-15-42-27)37-39(26)29(40)19-43-31-36-35-28(38(31)24-8-2-1-3-9-24)18-34-30(41)21-6-4-7-23(33)16-21/h1-16,26H,17-19H2,(H,34,41). The van der Waals surface area contributed by atoms with Gasteiger partial charge in [-0.15, -0.1) is 21.5 Å². The minimum Gasteiger partial charge on any atom is -0.345 e. The van der Waals surface area contributed by atoms with Crippen molar-refractivity contribution in [1.29, 1.82) is 0 Å². The van der Waals surface area contributed by atoms with Crippen molar-refractivity contribution in [2.75, 3.05) is 5.75 Å². The molecule has 1 aliphatic heterocycles. The fourth-order valence-corrected chi connectivity index (χ4v) is 6.25. The summed E-state index contributed by atoms with van der Waals surface area (Å²) in [6.45, 7) is 0.0268. The Morgan fingerprint density at radius 3 is 2.49 bits per heavy atom. The number of hydrogen-bond acceptors (Lipinski definition) is 7. The van der Waals surface area contributed by atoms with Gasteiger partial charge in [-0.3, -0.25) is 14.2 Å². The molecule has 6 rings (SSSR count). The Labute approximate surface area is 254 Å². The summed E-state index contributed by atoms with van der Waals surface area (Å²) in [6.07, 6.45) is 0.512. The molecule has 0 saturated carbocycles. The predicted molar refractivity (Wildman–Crippen MR) is 161 cm³/mol. The maximum atomic E-state index is 13.7. The smallest absolute Gasteiger partial charge is 0.253 e. The Bertz CT molecular complexity index is 1780. The quantitative estimate of drug-likeness (QED) is 0.206. The van der Waals surface area contributed by atoms with Crippen LogP contribution in [0.4, 0.5) is 8.78 Å². The van der Waals surface area contributed by atoms with Crippen LogP contribution in [0.15, 0.2) is 107 Å². The first kappa shape index (κ1) is 28.4. The Morgan fingerprint density at radius 2 is 1.74 bits per heavy atom. The largest absolute Gasteiger partial charge is 0.345 e. The lowest BCUT2D eigenvalue weighted by Gasteiger charge is -2.22. The normalized spacial score (nSPS) is 14.5. The monoisotopic (exact) mass is 614 g/mol. The van der Waals surface area contributed by atoms with Crippen molar-refractivity contribution in [3.05, 3.63) is 130 Å². The van der Waals surface area contributed by atoms with E-state index in [9.17, 15) is 18.4 Å². The second kappa shape index (κ2) is 12.7. The molecule has 1 unspecified atom stereocenters. The third-order valence-electron chi connectivity index (χ3n) is 6.76. The van der Waals surface area contributed by atoms with E-state index in [-0.39, 0.29) is 35.6 Å². The van der Waals surface area contributed by atoms with Crippen LogP contribution in [0.25, 0.3) is 5.69 Å². The first-order valence-electron chi connectivity index (χ1n) is 13.3. The molecule has 3 aromatic carbocycles. The van der Waals surface area contributed by atoms with Gasteiger partial charge in [-0.25, -0.2) is 13.8 Å². The van der Waals surface area contributed by atoms with E-state index in [1.807, 2.05) is 47.8 Å². The molecule has 0 saturated heterocycles. The van der Waals surface area contributed by atoms with Gasteiger partial charge in [0.1, 0.15) is 11.6 Å². The minimum absolute atomic E-state index is 0.0134. The van der Waals surface area contributed by atoms with E-state index >= 15 is 0 Å². The first-order chi connectivity index (χ1) is 21.0. The molecule has 216 valence electrons. The van der Waals surface area contributed by atoms with E-state index in [2.05, 4.69) is 20.6 Å². The Morgan fingerprint density at radius 1 is 0.930 bits per heavy atom. The molecule has 3 heterocycles. The van der Waals surface area contributed by atoms with Crippen molar-refractivity contribution in [1.82, 2.24) is 25.1 Å². The van der Waals surface area contributed by atoms with Crippen molar-refractivity contribution < 1.29 is 18.4 Å². The van der Waals surface area contributed by atoms with Crippen molar-refractivity contribution in [2.45, 2.75) is 24.2 Å². The lowest BCUT2D eigenvalue weighted by Crippen LogP contribution is -2.28. The lowest BCUT2D eigenvalue weighted by molar-refractivity contribution is -0.130. The highest BCUT2D eigenvalue weighted by molar-refractivity contribution is 7.99. The molecular weight excluding hydrogens is 591 g/mol. The van der Waals surface area contributed by atoms with Crippen LogP contribution < -0.4 is 5.32 Å². The molecule has 0 bridgehead atoms. The van der Waals surface area contributed by atoms with Crippen LogP contribution in [0.3, 0.4) is 0 Å². The van der Waals surface area contributed by atoms with Gasteiger partial charge in [0.25, 0.3) is 11.8 Å². The van der Waals surface area contributed by atoms with E-state index in [1.165, 1.54) is 47.1 Å². The van der Waals surface area contributed by atoms with Crippen LogP contribution in [0.5, 0.6) is 0 Å². The first-order valence-corrected chi connectivity index (χ1v) is 15.2. The number of thiophene rings is 1. The maximum absolute atomic E-state index is 13.7. The fraction of sp³-hybridized carbons (Fsp3) is 0.129. The van der Waals surface area contributed by atoms with Crippen LogP contribution in [-0.2, 0) is 11.3 Å². The van der Waals surface area contributed by atoms with Gasteiger partial charge in [-0.05, 0) is 59.5 Å². The van der Waals surface area contributed by atoms with Gasteiger partial charge in [0.2, 0.25) is 0 Å². The average Bonchev–Trinajstić information content (AvgIpc) is 3.80. The maximum Gasteiger partial charge on any atom is 0.253 e. The molecule has 1 atom stereocenters. The van der Waals surface area contributed by atoms with Gasteiger partial charge in [-0.1, -0.05) is 54.2 Å². The molecule has 1 aliphatic rings. The zero-order chi connectivity index (χ0) is 29.8. The van der Waals surface area contributed by atoms with Crippen LogP contribution in [0, 0.1) is 11.6 Å². The number of para-hydroxylation sites is 1. The summed E-state index contributed by atoms with van der Waals surface area (Å²) in [6, 6.07) is 24.4. The molecule has 5 aromatic rings. The third-order valence-corrected chi connectivity index (χ3v) is 8.59. The number of benzene rings is 3. The molecule has 8 nitrogen and oxygen atoms in total. The lowest BCUT2D eigenvalue weighted by atomic mass is 10.0. The molecule has 12 heteroatoms. The van der Waals surface area contributed by atoms with Crippen molar-refractivity contribution >= 4 is 40.6 Å².